The number of aryl methyl sites for hydroxylation is 1. The zero-order valence-corrected chi connectivity index (χ0v) is 24.3. The molecular formula is C31H36N4O5S. The van der Waals surface area contributed by atoms with E-state index in [9.17, 15) is 14.4 Å². The Morgan fingerprint density at radius 1 is 1.10 bits per heavy atom. The van der Waals surface area contributed by atoms with E-state index in [-0.39, 0.29) is 36.8 Å². The van der Waals surface area contributed by atoms with Gasteiger partial charge in [0.2, 0.25) is 11.8 Å². The molecule has 5 rings (SSSR count). The summed E-state index contributed by atoms with van der Waals surface area (Å²) in [7, 11) is 0. The zero-order valence-electron chi connectivity index (χ0n) is 23.5. The minimum Gasteiger partial charge on any atom is -0.457 e. The molecule has 0 spiro atoms. The molecule has 1 aromatic heterocycles. The van der Waals surface area contributed by atoms with Gasteiger partial charge in [0.15, 0.2) is 0 Å². The molecule has 3 aromatic rings. The summed E-state index contributed by atoms with van der Waals surface area (Å²) in [5, 5.41) is 5.84. The first-order valence-corrected chi connectivity index (χ1v) is 15.1. The summed E-state index contributed by atoms with van der Waals surface area (Å²) in [6, 6.07) is 14.7. The molecule has 3 heterocycles. The van der Waals surface area contributed by atoms with Crippen molar-refractivity contribution in [3.05, 3.63) is 75.7 Å². The van der Waals surface area contributed by atoms with Crippen molar-refractivity contribution in [1.29, 1.82) is 0 Å². The van der Waals surface area contributed by atoms with E-state index in [0.717, 1.165) is 29.0 Å². The van der Waals surface area contributed by atoms with Crippen LogP contribution >= 0.6 is 11.3 Å². The molecule has 10 heteroatoms. The molecule has 2 aromatic carbocycles. The van der Waals surface area contributed by atoms with Crippen LogP contribution in [0.1, 0.15) is 53.3 Å². The number of aromatic nitrogens is 1. The number of nitrogens with zero attached hydrogens (tertiary/aromatic N) is 3. The first kappa shape index (κ1) is 28.8. The van der Waals surface area contributed by atoms with Crippen LogP contribution in [0.25, 0.3) is 0 Å². The molecule has 41 heavy (non-hydrogen) atoms. The highest BCUT2D eigenvalue weighted by Gasteiger charge is 2.34. The molecule has 2 aliphatic rings. The molecule has 2 aliphatic heterocycles. The number of amides is 3. The van der Waals surface area contributed by atoms with Crippen LogP contribution in [-0.4, -0.2) is 70.8 Å². The molecule has 0 saturated carbocycles. The Morgan fingerprint density at radius 2 is 1.85 bits per heavy atom. The van der Waals surface area contributed by atoms with Gasteiger partial charge in [-0.2, -0.15) is 0 Å². The quantitative estimate of drug-likeness (QED) is 0.500. The normalized spacial score (nSPS) is 20.0. The number of carbonyl (C=O) groups excluding carboxylic acids is 3. The summed E-state index contributed by atoms with van der Waals surface area (Å²) in [6.07, 6.45) is 2.22. The number of hydrogen-bond donors (Lipinski definition) is 1. The lowest BCUT2D eigenvalue weighted by molar-refractivity contribution is -0.136. The van der Waals surface area contributed by atoms with Gasteiger partial charge in [-0.1, -0.05) is 31.2 Å². The molecule has 0 radical (unpaired) electrons. The van der Waals surface area contributed by atoms with Crippen LogP contribution in [0.3, 0.4) is 0 Å². The Labute approximate surface area is 244 Å². The van der Waals surface area contributed by atoms with E-state index >= 15 is 0 Å². The molecule has 0 aliphatic carbocycles. The summed E-state index contributed by atoms with van der Waals surface area (Å²) in [6.45, 7) is 5.38. The van der Waals surface area contributed by atoms with Crippen molar-refractivity contribution in [2.24, 2.45) is 0 Å². The molecule has 1 fully saturated rings. The number of thiazole rings is 1. The van der Waals surface area contributed by atoms with Gasteiger partial charge in [-0.05, 0) is 61.6 Å². The maximum atomic E-state index is 13.3. The van der Waals surface area contributed by atoms with E-state index in [4.69, 9.17) is 9.47 Å². The number of benzene rings is 2. The minimum absolute atomic E-state index is 0.0735. The number of fused-ring (bicyclic) bond motifs is 5. The summed E-state index contributed by atoms with van der Waals surface area (Å²) < 4.78 is 12.4. The molecule has 9 nitrogen and oxygen atoms in total. The van der Waals surface area contributed by atoms with Gasteiger partial charge in [0.25, 0.3) is 5.91 Å². The maximum absolute atomic E-state index is 13.3. The zero-order chi connectivity index (χ0) is 28.8. The van der Waals surface area contributed by atoms with Crippen LogP contribution in [0.4, 0.5) is 0 Å². The second-order valence-corrected chi connectivity index (χ2v) is 11.4. The Kier molecular flexibility index (Phi) is 9.31. The molecule has 1 N–H and O–H groups in total. The first-order valence-electron chi connectivity index (χ1n) is 14.2. The Bertz CT molecular complexity index is 1390. The van der Waals surface area contributed by atoms with Crippen molar-refractivity contribution < 1.29 is 23.9 Å². The first-order chi connectivity index (χ1) is 19.9. The summed E-state index contributed by atoms with van der Waals surface area (Å²) in [4.78, 5) is 47.5. The molecule has 4 bridgehead atoms. The number of carbonyl (C=O) groups is 3. The third-order valence-corrected chi connectivity index (χ3v) is 8.25. The van der Waals surface area contributed by atoms with Crippen molar-refractivity contribution in [1.82, 2.24) is 20.1 Å². The highest BCUT2D eigenvalue weighted by Crippen LogP contribution is 2.25. The second kappa shape index (κ2) is 13.3. The van der Waals surface area contributed by atoms with E-state index in [1.807, 2.05) is 60.8 Å². The largest absolute Gasteiger partial charge is 0.457 e. The van der Waals surface area contributed by atoms with Crippen LogP contribution in [0.15, 0.2) is 53.9 Å². The molecule has 216 valence electrons. The van der Waals surface area contributed by atoms with E-state index < -0.39 is 6.04 Å². The average molecular weight is 577 g/mol. The lowest BCUT2D eigenvalue weighted by atomic mass is 10.0. The van der Waals surface area contributed by atoms with Gasteiger partial charge in [0.1, 0.15) is 17.2 Å². The number of likely N-dealkylation sites (N-methyl/N-ethyl adjacent to an activating group) is 1. The van der Waals surface area contributed by atoms with Gasteiger partial charge in [-0.3, -0.25) is 14.4 Å². The maximum Gasteiger partial charge on any atom is 0.273 e. The standard InChI is InChI=1S/C31H36N4O5S/c1-3-7-29-33-26(20-41-29)31(38)35-13-12-27-25(17-35)32-28(36)18-34(4-2)30(37)16-21-8-5-10-23(14-21)40-24-11-6-9-22(15-24)19-39-27/h5-6,8-11,14-15,20,25,27H,3-4,7,12-13,16-19H2,1-2H3,(H,32,36)/t25-,27-/m0/s1. The third kappa shape index (κ3) is 7.31. The number of rotatable bonds is 4. The topological polar surface area (TPSA) is 101 Å². The number of nitrogens with one attached hydrogen (secondary N) is 1. The Balaban J connectivity index is 1.38. The predicted molar refractivity (Wildman–Crippen MR) is 156 cm³/mol. The summed E-state index contributed by atoms with van der Waals surface area (Å²) in [5.74, 6) is 0.736. The van der Waals surface area contributed by atoms with Crippen molar-refractivity contribution in [2.75, 3.05) is 26.2 Å². The van der Waals surface area contributed by atoms with Crippen molar-refractivity contribution in [3.8, 4) is 11.5 Å². The average Bonchev–Trinajstić information content (AvgIpc) is 3.43. The highest BCUT2D eigenvalue weighted by atomic mass is 32.1. The summed E-state index contributed by atoms with van der Waals surface area (Å²) >= 11 is 1.50. The van der Waals surface area contributed by atoms with E-state index in [1.165, 1.54) is 16.2 Å². The van der Waals surface area contributed by atoms with Crippen LogP contribution in [0, 0.1) is 0 Å². The fraction of sp³-hybridized carbons (Fsp3) is 0.419. The lowest BCUT2D eigenvalue weighted by Crippen LogP contribution is -2.58. The van der Waals surface area contributed by atoms with E-state index in [0.29, 0.717) is 49.9 Å². The van der Waals surface area contributed by atoms with Crippen molar-refractivity contribution in [3.63, 3.8) is 0 Å². The molecule has 0 unspecified atom stereocenters. The minimum atomic E-state index is -0.437. The predicted octanol–water partition coefficient (Wildman–Crippen LogP) is 4.21. The van der Waals surface area contributed by atoms with Gasteiger partial charge in [0.05, 0.1) is 36.7 Å². The number of likely N-dealkylation sites (tertiary alicyclic amines) is 1. The highest BCUT2D eigenvalue weighted by molar-refractivity contribution is 7.09. The number of hydrogen-bond acceptors (Lipinski definition) is 7. The van der Waals surface area contributed by atoms with Crippen molar-refractivity contribution in [2.45, 2.75) is 58.3 Å². The smallest absolute Gasteiger partial charge is 0.273 e. The monoisotopic (exact) mass is 576 g/mol. The Morgan fingerprint density at radius 3 is 2.61 bits per heavy atom. The number of ether oxygens (including phenoxy) is 2. The van der Waals surface area contributed by atoms with Crippen LogP contribution < -0.4 is 10.1 Å². The van der Waals surface area contributed by atoms with Gasteiger partial charge in [-0.15, -0.1) is 11.3 Å². The van der Waals surface area contributed by atoms with E-state index in [2.05, 4.69) is 17.2 Å². The van der Waals surface area contributed by atoms with E-state index in [1.54, 1.807) is 4.90 Å². The van der Waals surface area contributed by atoms with Crippen LogP contribution in [0.2, 0.25) is 0 Å². The van der Waals surface area contributed by atoms with Gasteiger partial charge in [0, 0.05) is 25.0 Å². The third-order valence-electron chi connectivity index (χ3n) is 7.34. The molecule has 3 amide bonds. The fourth-order valence-corrected chi connectivity index (χ4v) is 6.07. The fourth-order valence-electron chi connectivity index (χ4n) is 5.20. The second-order valence-electron chi connectivity index (χ2n) is 10.4. The van der Waals surface area contributed by atoms with Gasteiger partial charge >= 0.3 is 0 Å². The van der Waals surface area contributed by atoms with Crippen LogP contribution in [-0.2, 0) is 33.8 Å². The molecule has 1 saturated heterocycles. The van der Waals surface area contributed by atoms with Gasteiger partial charge < -0.3 is 24.6 Å². The Hall–Kier alpha value is -3.76. The number of piperidine rings is 1. The van der Waals surface area contributed by atoms with Gasteiger partial charge in [-0.25, -0.2) is 4.98 Å². The lowest BCUT2D eigenvalue weighted by Gasteiger charge is -2.38. The van der Waals surface area contributed by atoms with Crippen LogP contribution in [0.5, 0.6) is 11.5 Å². The molecular weight excluding hydrogens is 540 g/mol. The van der Waals surface area contributed by atoms with Crippen molar-refractivity contribution >= 4 is 29.1 Å². The SMILES string of the molecule is CCCc1nc(C(=O)N2CC[C@@H]3OCc4cccc(c4)Oc4cccc(c4)CC(=O)N(CC)CC(=O)N[C@H]3C2)cs1. The molecule has 2 atom stereocenters. The summed E-state index contributed by atoms with van der Waals surface area (Å²) in [5.41, 5.74) is 2.18.